The number of aromatic nitrogens is 1. The molecule has 12 nitrogen and oxygen atoms in total. The summed E-state index contributed by atoms with van der Waals surface area (Å²) in [6.45, 7) is 0.619. The van der Waals surface area contributed by atoms with E-state index in [1.807, 2.05) is 121 Å². The van der Waals surface area contributed by atoms with Gasteiger partial charge in [-0.05, 0) is 76.3 Å². The number of nitrogens with zero attached hydrogens (tertiary/aromatic N) is 8. The van der Waals surface area contributed by atoms with Gasteiger partial charge in [-0.2, -0.15) is 30.0 Å². The Balaban J connectivity index is 0.984. The molecule has 0 atom stereocenters. The first kappa shape index (κ1) is 30.7. The van der Waals surface area contributed by atoms with Crippen molar-refractivity contribution in [3.63, 3.8) is 0 Å². The Bertz CT molecular complexity index is 2790. The van der Waals surface area contributed by atoms with Crippen LogP contribution in [-0.2, 0) is 6.54 Å². The Morgan fingerprint density at radius 1 is 0.455 bits per heavy atom. The van der Waals surface area contributed by atoms with E-state index in [1.165, 1.54) is 0 Å². The van der Waals surface area contributed by atoms with E-state index in [1.54, 1.807) is 4.90 Å². The van der Waals surface area contributed by atoms with Gasteiger partial charge in [-0.1, -0.05) is 78.9 Å². The molecular formula is C43H26N10O2. The molecule has 260 valence electrons. The summed E-state index contributed by atoms with van der Waals surface area (Å²) in [6, 6.07) is 40.5. The van der Waals surface area contributed by atoms with Crippen LogP contribution in [0.3, 0.4) is 0 Å². The van der Waals surface area contributed by atoms with E-state index >= 15 is 0 Å². The molecule has 0 saturated heterocycles. The number of benzene rings is 5. The van der Waals surface area contributed by atoms with Gasteiger partial charge < -0.3 is 15.2 Å². The van der Waals surface area contributed by atoms with Gasteiger partial charge in [-0.25, -0.2) is 4.90 Å². The molecular weight excluding hydrogens is 689 g/mol. The second-order valence-electron chi connectivity index (χ2n) is 13.4. The van der Waals surface area contributed by atoms with Crippen molar-refractivity contribution in [1.29, 1.82) is 0 Å². The molecule has 4 heterocycles. The number of carbonyl (C=O) groups is 2. The summed E-state index contributed by atoms with van der Waals surface area (Å²) in [6.07, 6.45) is 1.99. The van der Waals surface area contributed by atoms with Gasteiger partial charge in [0.1, 0.15) is 0 Å². The zero-order chi connectivity index (χ0) is 36.6. The summed E-state index contributed by atoms with van der Waals surface area (Å²) >= 11 is 0. The molecule has 2 aliphatic carbocycles. The standard InChI is InChI=1S/C43H26N10O2/c54-36-29-13-6-4-11-27(29)33-21-25(16-18-31(33)36)44-39-48-41-46-38(35-15-8-20-52(35)23-24-9-2-1-3-10-24)47-42-49-40(51-43(50-39)53(41)42)45-26-17-19-32-34(22-26)28-12-5-7-14-30(28)37(32)55/h1-22H,23H2,(H2,44,45,46,47,48,49,50,51). The van der Waals surface area contributed by atoms with Crippen molar-refractivity contribution >= 4 is 58.6 Å². The highest BCUT2D eigenvalue weighted by Crippen LogP contribution is 2.39. The van der Waals surface area contributed by atoms with Crippen molar-refractivity contribution in [3.8, 4) is 22.3 Å². The third kappa shape index (κ3) is 5.00. The topological polar surface area (TPSA) is 141 Å². The van der Waals surface area contributed by atoms with Crippen LogP contribution in [0.4, 0.5) is 11.4 Å². The third-order valence-corrected chi connectivity index (χ3v) is 10.1. The van der Waals surface area contributed by atoms with E-state index in [2.05, 4.69) is 27.3 Å². The summed E-state index contributed by atoms with van der Waals surface area (Å²) < 4.78 is 2.08. The largest absolute Gasteiger partial charge is 0.341 e. The number of rotatable bonds is 5. The molecule has 0 amide bonds. The first-order chi connectivity index (χ1) is 27.0. The van der Waals surface area contributed by atoms with E-state index < -0.39 is 0 Å². The van der Waals surface area contributed by atoms with Crippen LogP contribution in [0, 0.1) is 0 Å². The maximum absolute atomic E-state index is 13.1. The smallest absolute Gasteiger partial charge is 0.246 e. The van der Waals surface area contributed by atoms with E-state index in [9.17, 15) is 9.59 Å². The molecule has 0 spiro atoms. The van der Waals surface area contributed by atoms with Crippen LogP contribution in [0.2, 0.25) is 0 Å². The van der Waals surface area contributed by atoms with E-state index in [4.69, 9.17) is 30.0 Å². The molecule has 5 aromatic carbocycles. The fourth-order valence-corrected chi connectivity index (χ4v) is 7.51. The lowest BCUT2D eigenvalue weighted by Gasteiger charge is -2.30. The molecule has 2 N–H and O–H groups in total. The summed E-state index contributed by atoms with van der Waals surface area (Å²) in [7, 11) is 0. The number of amidine groups is 1. The van der Waals surface area contributed by atoms with Crippen molar-refractivity contribution in [2.75, 3.05) is 10.6 Å². The minimum absolute atomic E-state index is 0.00556. The van der Waals surface area contributed by atoms with Gasteiger partial charge in [0.05, 0.1) is 5.69 Å². The highest BCUT2D eigenvalue weighted by molar-refractivity contribution is 6.33. The highest BCUT2D eigenvalue weighted by Gasteiger charge is 2.36. The van der Waals surface area contributed by atoms with Gasteiger partial charge in [0.2, 0.25) is 29.8 Å². The van der Waals surface area contributed by atoms with Gasteiger partial charge >= 0.3 is 0 Å². The predicted molar refractivity (Wildman–Crippen MR) is 213 cm³/mol. The lowest BCUT2D eigenvalue weighted by atomic mass is 10.1. The molecule has 11 rings (SSSR count). The molecule has 5 aliphatic rings. The minimum Gasteiger partial charge on any atom is -0.341 e. The summed E-state index contributed by atoms with van der Waals surface area (Å²) in [4.78, 5) is 56.8. The second-order valence-corrected chi connectivity index (χ2v) is 13.4. The first-order valence-electron chi connectivity index (χ1n) is 17.7. The summed E-state index contributed by atoms with van der Waals surface area (Å²) in [5, 5.41) is 6.66. The van der Waals surface area contributed by atoms with Crippen LogP contribution < -0.4 is 10.6 Å². The second kappa shape index (κ2) is 11.8. The molecule has 0 unspecified atom stereocenters. The number of guanidine groups is 5. The molecule has 0 bridgehead atoms. The van der Waals surface area contributed by atoms with Crippen LogP contribution in [-0.4, -0.2) is 56.7 Å². The molecule has 0 saturated carbocycles. The number of anilines is 2. The number of carbonyl (C=O) groups excluding carboxylic acids is 2. The Morgan fingerprint density at radius 3 is 1.56 bits per heavy atom. The molecule has 55 heavy (non-hydrogen) atoms. The number of nitrogens with one attached hydrogen (secondary N) is 2. The molecule has 12 heteroatoms. The molecule has 1 aromatic heterocycles. The van der Waals surface area contributed by atoms with E-state index in [0.717, 1.165) is 33.5 Å². The lowest BCUT2D eigenvalue weighted by molar-refractivity contribution is 0.103. The Labute approximate surface area is 313 Å². The number of hydrogen-bond acceptors (Lipinski definition) is 11. The normalized spacial score (nSPS) is 15.7. The van der Waals surface area contributed by atoms with Gasteiger partial charge in [0.15, 0.2) is 17.4 Å². The molecule has 0 fully saturated rings. The van der Waals surface area contributed by atoms with Crippen molar-refractivity contribution in [2.24, 2.45) is 30.0 Å². The van der Waals surface area contributed by atoms with Crippen LogP contribution in [0.25, 0.3) is 22.3 Å². The van der Waals surface area contributed by atoms with E-state index in [0.29, 0.717) is 57.9 Å². The average Bonchev–Trinajstić information content (AvgIpc) is 3.87. The summed E-state index contributed by atoms with van der Waals surface area (Å²) in [5.74, 6) is 1.78. The van der Waals surface area contributed by atoms with Crippen molar-refractivity contribution in [3.05, 3.63) is 167 Å². The van der Waals surface area contributed by atoms with Gasteiger partial charge in [-0.15, -0.1) is 0 Å². The fourth-order valence-electron chi connectivity index (χ4n) is 7.51. The Morgan fingerprint density at radius 2 is 0.964 bits per heavy atom. The van der Waals surface area contributed by atoms with Gasteiger partial charge in [-0.3, -0.25) is 9.59 Å². The monoisotopic (exact) mass is 714 g/mol. The predicted octanol–water partition coefficient (Wildman–Crippen LogP) is 7.05. The Kier molecular flexibility index (Phi) is 6.61. The number of aliphatic imine (C=N–C) groups is 6. The van der Waals surface area contributed by atoms with Crippen molar-refractivity contribution < 1.29 is 9.59 Å². The average molecular weight is 715 g/mol. The quantitative estimate of drug-likeness (QED) is 0.197. The van der Waals surface area contributed by atoms with Crippen LogP contribution in [0.5, 0.6) is 0 Å². The SMILES string of the molecule is O=C1c2ccccc2-c2cc(NC3=NC4=NC(Nc5ccc6c(c5)-c5ccccc5C6=O)=NC5=NC(c6cccn6Cc6ccccc6)=NC(=N3)N45)ccc21. The first-order valence-corrected chi connectivity index (χ1v) is 17.7. The lowest BCUT2D eigenvalue weighted by Crippen LogP contribution is -2.49. The zero-order valence-electron chi connectivity index (χ0n) is 28.8. The van der Waals surface area contributed by atoms with Crippen molar-refractivity contribution in [2.45, 2.75) is 6.54 Å². The van der Waals surface area contributed by atoms with Gasteiger partial charge in [0.25, 0.3) is 0 Å². The van der Waals surface area contributed by atoms with Crippen molar-refractivity contribution in [1.82, 2.24) is 9.47 Å². The Hall–Kier alpha value is -7.86. The van der Waals surface area contributed by atoms with Crippen LogP contribution in [0.15, 0.2) is 164 Å². The maximum Gasteiger partial charge on any atom is 0.246 e. The minimum atomic E-state index is 0.00556. The molecule has 6 aromatic rings. The number of fused-ring (bicyclic) bond motifs is 6. The molecule has 0 radical (unpaired) electrons. The highest BCUT2D eigenvalue weighted by atomic mass is 16.1. The third-order valence-electron chi connectivity index (χ3n) is 10.1. The zero-order valence-corrected chi connectivity index (χ0v) is 28.8. The van der Waals surface area contributed by atoms with Gasteiger partial charge in [0, 0.05) is 46.4 Å². The fraction of sp³-hybridized carbons (Fsp3) is 0.0233. The van der Waals surface area contributed by atoms with E-state index in [-0.39, 0.29) is 29.4 Å². The number of ketones is 2. The summed E-state index contributed by atoms with van der Waals surface area (Å²) in [5.41, 5.74) is 9.44. The maximum atomic E-state index is 13.1. The van der Waals surface area contributed by atoms with Crippen LogP contribution in [0.1, 0.15) is 43.1 Å². The number of hydrogen-bond donors (Lipinski definition) is 2. The molecule has 3 aliphatic heterocycles. The van der Waals surface area contributed by atoms with Crippen LogP contribution >= 0.6 is 0 Å².